The second-order valence-corrected chi connectivity index (χ2v) is 4.13. The van der Waals surface area contributed by atoms with E-state index < -0.39 is 5.97 Å². The third-order valence-corrected chi connectivity index (χ3v) is 2.38. The summed E-state index contributed by atoms with van der Waals surface area (Å²) in [5.41, 5.74) is 0.274. The quantitative estimate of drug-likeness (QED) is 0.245. The van der Waals surface area contributed by atoms with Crippen LogP contribution in [0, 0.1) is 0 Å². The van der Waals surface area contributed by atoms with E-state index in [1.165, 1.54) is 6.08 Å². The van der Waals surface area contributed by atoms with Gasteiger partial charge in [-0.25, -0.2) is 9.59 Å². The molecule has 0 aromatic carbocycles. The monoisotopic (exact) mass is 298 g/mol. The average Bonchev–Trinajstić information content (AvgIpc) is 3.31. The number of carbonyl (C=O) groups is 2. The van der Waals surface area contributed by atoms with Crippen molar-refractivity contribution < 1.29 is 24.2 Å². The minimum atomic E-state index is -0.902. The van der Waals surface area contributed by atoms with Crippen LogP contribution >= 0.6 is 0 Å². The van der Waals surface area contributed by atoms with Crippen LogP contribution in [0.4, 0.5) is 0 Å². The van der Waals surface area contributed by atoms with E-state index in [1.54, 1.807) is 0 Å². The molecule has 5 heteroatoms. The normalized spacial score (nSPS) is 14.4. The van der Waals surface area contributed by atoms with Gasteiger partial charge in [-0.15, -0.1) is 13.2 Å². The number of epoxide rings is 1. The van der Waals surface area contributed by atoms with Crippen LogP contribution in [0.15, 0.2) is 38.0 Å². The van der Waals surface area contributed by atoms with Crippen LogP contribution in [0.1, 0.15) is 32.6 Å². The van der Waals surface area contributed by atoms with Gasteiger partial charge in [0.15, 0.2) is 0 Å². The molecule has 1 atom stereocenters. The van der Waals surface area contributed by atoms with E-state index in [9.17, 15) is 9.59 Å². The number of aliphatic carboxylic acids is 1. The first-order chi connectivity index (χ1) is 10.0. The second-order valence-electron chi connectivity index (χ2n) is 4.13. The fourth-order valence-electron chi connectivity index (χ4n) is 1.05. The lowest BCUT2D eigenvalue weighted by Crippen LogP contribution is -2.00. The summed E-state index contributed by atoms with van der Waals surface area (Å²) in [6.45, 7) is 16.0. The Labute approximate surface area is 126 Å². The van der Waals surface area contributed by atoms with E-state index in [-0.39, 0.29) is 11.5 Å². The summed E-state index contributed by atoms with van der Waals surface area (Å²) in [4.78, 5) is 20.5. The molecular weight excluding hydrogens is 272 g/mol. The van der Waals surface area contributed by atoms with Gasteiger partial charge in [-0.2, -0.15) is 0 Å². The first-order valence-corrected chi connectivity index (χ1v) is 6.83. The highest BCUT2D eigenvalue weighted by atomic mass is 16.6. The maximum atomic E-state index is 10.3. The number of hydrogen-bond acceptors (Lipinski definition) is 4. The molecule has 1 aliphatic heterocycles. The molecule has 1 aliphatic rings. The van der Waals surface area contributed by atoms with Crippen molar-refractivity contribution in [1.82, 2.24) is 0 Å². The van der Waals surface area contributed by atoms with Crippen molar-refractivity contribution in [3.63, 3.8) is 0 Å². The molecule has 21 heavy (non-hydrogen) atoms. The average molecular weight is 298 g/mol. The van der Waals surface area contributed by atoms with Gasteiger partial charge in [-0.05, 0) is 19.3 Å². The van der Waals surface area contributed by atoms with Gasteiger partial charge in [0.1, 0.15) is 0 Å². The Balaban J connectivity index is 0. The SMILES string of the molecule is C=C.C=C(CCC1CO1)C(=O)O.C=CC(=O)OCCCC. The molecule has 0 saturated carbocycles. The molecule has 0 bridgehead atoms. The Bertz CT molecular complexity index is 332. The Morgan fingerprint density at radius 1 is 1.43 bits per heavy atom. The predicted octanol–water partition coefficient (Wildman–Crippen LogP) is 3.12. The second kappa shape index (κ2) is 14.5. The van der Waals surface area contributed by atoms with Gasteiger partial charge >= 0.3 is 11.9 Å². The number of esters is 1. The van der Waals surface area contributed by atoms with E-state index in [1.807, 2.05) is 6.92 Å². The van der Waals surface area contributed by atoms with Crippen molar-refractivity contribution >= 4 is 11.9 Å². The van der Waals surface area contributed by atoms with Crippen molar-refractivity contribution in [2.75, 3.05) is 13.2 Å². The molecule has 1 rings (SSSR count). The molecule has 120 valence electrons. The fraction of sp³-hybridized carbons (Fsp3) is 0.500. The number of unbranched alkanes of at least 4 members (excludes halogenated alkanes) is 1. The van der Waals surface area contributed by atoms with Crippen molar-refractivity contribution in [1.29, 1.82) is 0 Å². The smallest absolute Gasteiger partial charge is 0.330 e. The maximum Gasteiger partial charge on any atom is 0.330 e. The van der Waals surface area contributed by atoms with Gasteiger partial charge < -0.3 is 14.6 Å². The topological polar surface area (TPSA) is 76.1 Å². The molecule has 0 aromatic rings. The summed E-state index contributed by atoms with van der Waals surface area (Å²) < 4.78 is 9.58. The molecule has 0 spiro atoms. The lowest BCUT2D eigenvalue weighted by atomic mass is 10.1. The highest BCUT2D eigenvalue weighted by molar-refractivity contribution is 5.85. The highest BCUT2D eigenvalue weighted by Gasteiger charge is 2.22. The highest BCUT2D eigenvalue weighted by Crippen LogP contribution is 2.17. The van der Waals surface area contributed by atoms with Gasteiger partial charge in [-0.3, -0.25) is 0 Å². The maximum absolute atomic E-state index is 10.3. The molecule has 0 amide bonds. The van der Waals surface area contributed by atoms with Crippen LogP contribution in [0.25, 0.3) is 0 Å². The van der Waals surface area contributed by atoms with E-state index in [2.05, 4.69) is 31.1 Å². The largest absolute Gasteiger partial charge is 0.478 e. The van der Waals surface area contributed by atoms with Crippen LogP contribution in [0.2, 0.25) is 0 Å². The number of carboxylic acids is 1. The molecule has 1 unspecified atom stereocenters. The molecular formula is C16H26O5. The summed E-state index contributed by atoms with van der Waals surface area (Å²) in [5, 5.41) is 8.37. The molecule has 1 saturated heterocycles. The Kier molecular flexibility index (Phi) is 14.8. The number of ether oxygens (including phenoxy) is 2. The van der Waals surface area contributed by atoms with Crippen LogP contribution in [0.5, 0.6) is 0 Å². The molecule has 5 nitrogen and oxygen atoms in total. The predicted molar refractivity (Wildman–Crippen MR) is 83.1 cm³/mol. The van der Waals surface area contributed by atoms with E-state index in [0.717, 1.165) is 25.9 Å². The lowest BCUT2D eigenvalue weighted by Gasteiger charge is -1.97. The lowest BCUT2D eigenvalue weighted by molar-refractivity contribution is -0.138. The van der Waals surface area contributed by atoms with Crippen molar-refractivity contribution in [3.05, 3.63) is 38.0 Å². The molecule has 1 fully saturated rings. The van der Waals surface area contributed by atoms with Crippen molar-refractivity contribution in [2.24, 2.45) is 0 Å². The van der Waals surface area contributed by atoms with E-state index in [0.29, 0.717) is 19.1 Å². The first kappa shape index (κ1) is 21.4. The summed E-state index contributed by atoms with van der Waals surface area (Å²) in [7, 11) is 0. The third-order valence-electron chi connectivity index (χ3n) is 2.38. The zero-order valence-corrected chi connectivity index (χ0v) is 12.8. The molecule has 0 aliphatic carbocycles. The van der Waals surface area contributed by atoms with Crippen molar-refractivity contribution in [2.45, 2.75) is 38.7 Å². The van der Waals surface area contributed by atoms with Gasteiger partial charge in [0.2, 0.25) is 0 Å². The summed E-state index contributed by atoms with van der Waals surface area (Å²) in [6.07, 6.45) is 4.79. The standard InChI is InChI=1S/C7H10O3.C7H12O2.C2H4/c1-5(7(8)9)2-3-6-4-10-6;1-3-5-6-9-7(8)4-2;1-2/h6H,1-4H2,(H,8,9);4H,2-3,5-6H2,1H3;1-2H2. The number of carbonyl (C=O) groups excluding carboxylic acids is 1. The van der Waals surface area contributed by atoms with E-state index >= 15 is 0 Å². The number of hydrogen-bond donors (Lipinski definition) is 1. The summed E-state index contributed by atoms with van der Waals surface area (Å²) in [6, 6.07) is 0. The zero-order valence-electron chi connectivity index (χ0n) is 12.8. The zero-order chi connectivity index (χ0) is 16.7. The van der Waals surface area contributed by atoms with Crippen LogP contribution in [0.3, 0.4) is 0 Å². The van der Waals surface area contributed by atoms with E-state index in [4.69, 9.17) is 9.84 Å². The molecule has 1 N–H and O–H groups in total. The summed E-state index contributed by atoms with van der Waals surface area (Å²) >= 11 is 0. The van der Waals surface area contributed by atoms with Crippen LogP contribution < -0.4 is 0 Å². The Hall–Kier alpha value is -1.88. The molecule has 0 radical (unpaired) electrons. The minimum Gasteiger partial charge on any atom is -0.478 e. The molecule has 1 heterocycles. The molecule has 0 aromatic heterocycles. The Morgan fingerprint density at radius 3 is 2.38 bits per heavy atom. The fourth-order valence-corrected chi connectivity index (χ4v) is 1.05. The minimum absolute atomic E-state index is 0.274. The van der Waals surface area contributed by atoms with Crippen LogP contribution in [-0.4, -0.2) is 36.4 Å². The third kappa shape index (κ3) is 16.1. The number of rotatable bonds is 8. The van der Waals surface area contributed by atoms with Crippen LogP contribution in [-0.2, 0) is 19.1 Å². The van der Waals surface area contributed by atoms with Gasteiger partial charge in [0, 0.05) is 11.6 Å². The van der Waals surface area contributed by atoms with Gasteiger partial charge in [0.25, 0.3) is 0 Å². The van der Waals surface area contributed by atoms with Gasteiger partial charge in [-0.1, -0.05) is 26.5 Å². The van der Waals surface area contributed by atoms with Gasteiger partial charge in [0.05, 0.1) is 19.3 Å². The number of carboxylic acid groups (broad SMARTS) is 1. The first-order valence-electron chi connectivity index (χ1n) is 6.83. The van der Waals surface area contributed by atoms with Crippen molar-refractivity contribution in [3.8, 4) is 0 Å². The Morgan fingerprint density at radius 2 is 2.00 bits per heavy atom. The summed E-state index contributed by atoms with van der Waals surface area (Å²) in [5.74, 6) is -1.23.